The van der Waals surface area contributed by atoms with Crippen LogP contribution in [0.25, 0.3) is 22.8 Å². The number of alkyl halides is 2. The molecule has 3 aromatic rings. The maximum absolute atomic E-state index is 12.4. The van der Waals surface area contributed by atoms with Crippen LogP contribution in [0.2, 0.25) is 0 Å². The number of piperidine rings is 1. The van der Waals surface area contributed by atoms with E-state index >= 15 is 0 Å². The molecule has 0 radical (unpaired) electrons. The highest BCUT2D eigenvalue weighted by Crippen LogP contribution is 2.27. The number of aryl methyl sites for hydroxylation is 1. The first-order valence-electron chi connectivity index (χ1n) is 13.8. The summed E-state index contributed by atoms with van der Waals surface area (Å²) in [4.78, 5) is 15.3. The van der Waals surface area contributed by atoms with Crippen LogP contribution in [0.1, 0.15) is 77.8 Å². The molecule has 8 heteroatoms. The molecule has 39 heavy (non-hydrogen) atoms. The zero-order chi connectivity index (χ0) is 29.2. The molecule has 0 amide bonds. The van der Waals surface area contributed by atoms with Gasteiger partial charge in [0, 0.05) is 48.9 Å². The van der Waals surface area contributed by atoms with Gasteiger partial charge in [0.05, 0.1) is 11.9 Å². The fourth-order valence-corrected chi connectivity index (χ4v) is 4.07. The average Bonchev–Trinajstić information content (AvgIpc) is 3.28. The first-order valence-corrected chi connectivity index (χ1v) is 13.8. The Hall–Kier alpha value is -3.26. The number of amidine groups is 1. The molecule has 3 aromatic heterocycles. The van der Waals surface area contributed by atoms with E-state index in [9.17, 15) is 8.78 Å². The Bertz CT molecular complexity index is 1240. The van der Waals surface area contributed by atoms with E-state index in [1.807, 2.05) is 64.0 Å². The average molecular weight is 539 g/mol. The van der Waals surface area contributed by atoms with Crippen LogP contribution in [-0.4, -0.2) is 57.0 Å². The summed E-state index contributed by atoms with van der Waals surface area (Å²) in [6.45, 7) is 17.1. The van der Waals surface area contributed by atoms with Gasteiger partial charge in [-0.05, 0) is 69.5 Å². The van der Waals surface area contributed by atoms with Gasteiger partial charge >= 0.3 is 0 Å². The predicted molar refractivity (Wildman–Crippen MR) is 161 cm³/mol. The Kier molecular flexibility index (Phi) is 12.1. The predicted octanol–water partition coefficient (Wildman–Crippen LogP) is 7.83. The third-order valence-electron chi connectivity index (χ3n) is 6.25. The molecule has 0 aromatic carbocycles. The Morgan fingerprint density at radius 2 is 1.79 bits per heavy atom. The zero-order valence-corrected chi connectivity index (χ0v) is 24.6. The zero-order valence-electron chi connectivity index (χ0n) is 24.6. The quantitative estimate of drug-likeness (QED) is 0.257. The molecule has 0 unspecified atom stereocenters. The number of rotatable bonds is 6. The number of hydrogen-bond acceptors (Lipinski definition) is 4. The molecule has 4 rings (SSSR count). The van der Waals surface area contributed by atoms with Crippen LogP contribution < -0.4 is 0 Å². The maximum atomic E-state index is 12.4. The van der Waals surface area contributed by atoms with Crippen molar-refractivity contribution in [3.63, 3.8) is 0 Å². The first-order chi connectivity index (χ1) is 18.5. The van der Waals surface area contributed by atoms with Crippen molar-refractivity contribution in [2.24, 2.45) is 10.9 Å². The van der Waals surface area contributed by atoms with Crippen molar-refractivity contribution < 1.29 is 8.78 Å². The molecule has 0 spiro atoms. The van der Waals surface area contributed by atoms with Crippen molar-refractivity contribution >= 4 is 28.7 Å². The second kappa shape index (κ2) is 14.8. The number of nitrogens with zero attached hydrogens (tertiary/aromatic N) is 5. The van der Waals surface area contributed by atoms with Gasteiger partial charge < -0.3 is 4.90 Å². The van der Waals surface area contributed by atoms with E-state index in [2.05, 4.69) is 52.1 Å². The van der Waals surface area contributed by atoms with Crippen LogP contribution in [0.15, 0.2) is 48.2 Å². The van der Waals surface area contributed by atoms with E-state index in [-0.39, 0.29) is 18.7 Å². The van der Waals surface area contributed by atoms with Gasteiger partial charge in [0.1, 0.15) is 11.3 Å². The van der Waals surface area contributed by atoms with E-state index in [0.29, 0.717) is 24.7 Å². The van der Waals surface area contributed by atoms with Crippen LogP contribution in [0, 0.1) is 11.3 Å². The van der Waals surface area contributed by atoms with Gasteiger partial charge in [-0.15, -0.1) is 0 Å². The van der Waals surface area contributed by atoms with Crippen LogP contribution in [0.4, 0.5) is 8.78 Å². The third-order valence-corrected chi connectivity index (χ3v) is 6.25. The summed E-state index contributed by atoms with van der Waals surface area (Å²) in [5.74, 6) is -1.58. The summed E-state index contributed by atoms with van der Waals surface area (Å²) in [7, 11) is 1.87. The van der Waals surface area contributed by atoms with E-state index in [4.69, 9.17) is 5.41 Å². The van der Waals surface area contributed by atoms with Crippen molar-refractivity contribution in [1.29, 1.82) is 5.41 Å². The first kappa shape index (κ1) is 32.0. The van der Waals surface area contributed by atoms with Gasteiger partial charge in [-0.1, -0.05) is 40.3 Å². The minimum absolute atomic E-state index is 0.0312. The summed E-state index contributed by atoms with van der Waals surface area (Å²) >= 11 is 0. The van der Waals surface area contributed by atoms with Gasteiger partial charge in [0.25, 0.3) is 5.92 Å². The molecule has 0 saturated carbocycles. The number of pyridine rings is 2. The Balaban J connectivity index is 0.000000407. The molecule has 0 bridgehead atoms. The molecule has 4 heterocycles. The monoisotopic (exact) mass is 538 g/mol. The molecule has 1 saturated heterocycles. The second-order valence-corrected chi connectivity index (χ2v) is 10.3. The van der Waals surface area contributed by atoms with Crippen LogP contribution in [0.5, 0.6) is 0 Å². The van der Waals surface area contributed by atoms with Crippen molar-refractivity contribution in [2.75, 3.05) is 20.1 Å². The van der Waals surface area contributed by atoms with Gasteiger partial charge in [-0.2, -0.15) is 0 Å². The number of halogens is 2. The Morgan fingerprint density at radius 3 is 2.31 bits per heavy atom. The lowest BCUT2D eigenvalue weighted by Gasteiger charge is -2.28. The van der Waals surface area contributed by atoms with E-state index in [1.54, 1.807) is 6.20 Å². The van der Waals surface area contributed by atoms with Gasteiger partial charge in [0.15, 0.2) is 5.84 Å². The van der Waals surface area contributed by atoms with Gasteiger partial charge in [-0.3, -0.25) is 15.0 Å². The highest BCUT2D eigenvalue weighted by atomic mass is 19.3. The van der Waals surface area contributed by atoms with Crippen LogP contribution >= 0.6 is 0 Å². The molecule has 1 aliphatic rings. The summed E-state index contributed by atoms with van der Waals surface area (Å²) in [6, 6.07) is 8.15. The number of aromatic nitrogens is 3. The molecule has 0 atom stereocenters. The van der Waals surface area contributed by atoms with Gasteiger partial charge in [0.2, 0.25) is 0 Å². The maximum Gasteiger partial charge on any atom is 0.250 e. The fourth-order valence-electron chi connectivity index (χ4n) is 4.07. The topological polar surface area (TPSA) is 70.2 Å². The number of fused-ring (bicyclic) bond motifs is 1. The molecular formula is C31H44F2N6. The highest BCUT2D eigenvalue weighted by molar-refractivity contribution is 6.03. The van der Waals surface area contributed by atoms with Crippen molar-refractivity contribution in [2.45, 2.75) is 73.1 Å². The molecule has 212 valence electrons. The Morgan fingerprint density at radius 1 is 1.13 bits per heavy atom. The van der Waals surface area contributed by atoms with Gasteiger partial charge in [-0.25, -0.2) is 18.8 Å². The van der Waals surface area contributed by atoms with Crippen molar-refractivity contribution in [3.8, 4) is 5.69 Å². The molecule has 6 nitrogen and oxygen atoms in total. The molecular weight excluding hydrogens is 494 g/mol. The Labute approximate surface area is 232 Å². The minimum atomic E-state index is -2.38. The molecule has 1 N–H and O–H groups in total. The normalized spacial score (nSPS) is 14.6. The lowest BCUT2D eigenvalue weighted by molar-refractivity contribution is -0.0504. The minimum Gasteiger partial charge on any atom is -0.306 e. The van der Waals surface area contributed by atoms with E-state index in [1.165, 1.54) is 5.69 Å². The number of nitrogens with one attached hydrogen (secondary N) is 1. The summed E-state index contributed by atoms with van der Waals surface area (Å²) in [5, 5.41) is 9.15. The summed E-state index contributed by atoms with van der Waals surface area (Å²) in [6.07, 6.45) is 7.59. The third kappa shape index (κ3) is 9.46. The lowest BCUT2D eigenvalue weighted by Crippen LogP contribution is -2.36. The van der Waals surface area contributed by atoms with E-state index in [0.717, 1.165) is 40.8 Å². The van der Waals surface area contributed by atoms with Crippen LogP contribution in [-0.2, 0) is 6.42 Å². The second-order valence-electron chi connectivity index (χ2n) is 10.3. The molecule has 0 aliphatic carbocycles. The molecule has 1 fully saturated rings. The SMILES string of the molecule is C=Cc1cnc2c(c1)cc(CCC(C)C)n2-c1ccc(C(=N)N=C(C)C)nc1.CC.CN1CCC(F)(F)CC1. The largest absolute Gasteiger partial charge is 0.306 e. The summed E-state index contributed by atoms with van der Waals surface area (Å²) in [5.41, 5.74) is 5.48. The van der Waals surface area contributed by atoms with Crippen LogP contribution in [0.3, 0.4) is 0 Å². The number of aliphatic imine (C=N–C) groups is 1. The smallest absolute Gasteiger partial charge is 0.250 e. The number of likely N-dealkylation sites (tertiary alicyclic amines) is 1. The number of hydrogen-bond donors (Lipinski definition) is 1. The lowest BCUT2D eigenvalue weighted by atomic mass is 10.1. The summed E-state index contributed by atoms with van der Waals surface area (Å²) < 4.78 is 26.9. The van der Waals surface area contributed by atoms with Crippen molar-refractivity contribution in [3.05, 3.63) is 60.2 Å². The van der Waals surface area contributed by atoms with Crippen molar-refractivity contribution in [1.82, 2.24) is 19.4 Å². The highest BCUT2D eigenvalue weighted by Gasteiger charge is 2.32. The molecule has 1 aliphatic heterocycles. The fraction of sp³-hybridized carbons (Fsp3) is 0.484. The van der Waals surface area contributed by atoms with E-state index < -0.39 is 5.92 Å². The standard InChI is InChI=1S/C23H27N5.C6H11F2N.C2H6/c1-6-17-11-18-12-19(8-7-15(2)3)28(23(18)26-13-17)20-9-10-21(25-14-20)22(24)27-16(4)5;1-9-4-2-6(7,8)3-5-9;1-2/h6,9-15,24H,1,7-8H2,2-5H3;2-5H2,1H3;1-2H3.